The maximum Gasteiger partial charge on any atom is 0.243 e. The number of hydrogen-bond donors (Lipinski definition) is 1. The molecule has 0 bridgehead atoms. The lowest BCUT2D eigenvalue weighted by atomic mass is 10.1. The lowest BCUT2D eigenvalue weighted by Gasteiger charge is -2.31. The standard InChI is InChI=1S/C14H22N2O2S/c1-11-4-5-14(10-12(11)2)19(17,18)16-8-6-13(15-3)7-9-16/h4-5,10,13,15H,6-9H2,1-3H3. The second kappa shape index (κ2) is 5.61. The number of aryl methyl sites for hydroxylation is 2. The maximum absolute atomic E-state index is 12.6. The van der Waals surface area contributed by atoms with Gasteiger partial charge in [-0.25, -0.2) is 8.42 Å². The minimum absolute atomic E-state index is 0.415. The maximum atomic E-state index is 12.6. The van der Waals surface area contributed by atoms with E-state index in [1.165, 1.54) is 0 Å². The van der Waals surface area contributed by atoms with E-state index in [1.807, 2.05) is 27.0 Å². The second-order valence-electron chi connectivity index (χ2n) is 5.21. The molecule has 1 aliphatic rings. The van der Waals surface area contributed by atoms with Gasteiger partial charge in [0.2, 0.25) is 10.0 Å². The summed E-state index contributed by atoms with van der Waals surface area (Å²) in [6.07, 6.45) is 1.75. The fourth-order valence-electron chi connectivity index (χ4n) is 2.41. The topological polar surface area (TPSA) is 49.4 Å². The van der Waals surface area contributed by atoms with Crippen LogP contribution < -0.4 is 5.32 Å². The third kappa shape index (κ3) is 2.99. The van der Waals surface area contributed by atoms with Crippen LogP contribution >= 0.6 is 0 Å². The van der Waals surface area contributed by atoms with E-state index >= 15 is 0 Å². The molecule has 0 aromatic heterocycles. The van der Waals surface area contributed by atoms with E-state index in [0.29, 0.717) is 24.0 Å². The summed E-state index contributed by atoms with van der Waals surface area (Å²) in [5, 5.41) is 3.21. The predicted molar refractivity (Wildman–Crippen MR) is 76.8 cm³/mol. The molecule has 0 radical (unpaired) electrons. The molecule has 0 amide bonds. The SMILES string of the molecule is CNC1CCN(S(=O)(=O)c2ccc(C)c(C)c2)CC1. The molecule has 2 rings (SSSR count). The summed E-state index contributed by atoms with van der Waals surface area (Å²) in [6.45, 7) is 5.13. The van der Waals surface area contributed by atoms with Gasteiger partial charge < -0.3 is 5.32 Å². The van der Waals surface area contributed by atoms with Crippen molar-refractivity contribution in [1.29, 1.82) is 0 Å². The van der Waals surface area contributed by atoms with E-state index < -0.39 is 10.0 Å². The van der Waals surface area contributed by atoms with Crippen LogP contribution in [-0.4, -0.2) is 38.9 Å². The Labute approximate surface area is 115 Å². The lowest BCUT2D eigenvalue weighted by molar-refractivity contribution is 0.298. The molecule has 0 aliphatic carbocycles. The Kier molecular flexibility index (Phi) is 4.28. The Morgan fingerprint density at radius 2 is 1.79 bits per heavy atom. The van der Waals surface area contributed by atoms with Gasteiger partial charge in [-0.2, -0.15) is 4.31 Å². The summed E-state index contributed by atoms with van der Waals surface area (Å²) in [5.41, 5.74) is 2.14. The molecule has 4 nitrogen and oxygen atoms in total. The highest BCUT2D eigenvalue weighted by Gasteiger charge is 2.28. The molecule has 106 valence electrons. The van der Waals surface area contributed by atoms with Crippen molar-refractivity contribution in [3.05, 3.63) is 29.3 Å². The first-order valence-electron chi connectivity index (χ1n) is 6.70. The Bertz CT molecular complexity index is 547. The van der Waals surface area contributed by atoms with Crippen LogP contribution in [-0.2, 0) is 10.0 Å². The molecule has 1 heterocycles. The molecular formula is C14H22N2O2S. The van der Waals surface area contributed by atoms with Crippen molar-refractivity contribution in [3.8, 4) is 0 Å². The van der Waals surface area contributed by atoms with Gasteiger partial charge in [-0.05, 0) is 57.0 Å². The van der Waals surface area contributed by atoms with Gasteiger partial charge >= 0.3 is 0 Å². The molecule has 19 heavy (non-hydrogen) atoms. The molecule has 1 N–H and O–H groups in total. The van der Waals surface area contributed by atoms with Crippen LogP contribution in [0.5, 0.6) is 0 Å². The number of piperidine rings is 1. The Morgan fingerprint density at radius 1 is 1.16 bits per heavy atom. The fourth-order valence-corrected chi connectivity index (χ4v) is 3.96. The first-order chi connectivity index (χ1) is 8.95. The van der Waals surface area contributed by atoms with Crippen molar-refractivity contribution < 1.29 is 8.42 Å². The second-order valence-corrected chi connectivity index (χ2v) is 7.15. The quantitative estimate of drug-likeness (QED) is 0.917. The van der Waals surface area contributed by atoms with Gasteiger partial charge in [0.05, 0.1) is 4.90 Å². The number of sulfonamides is 1. The molecule has 0 spiro atoms. The summed E-state index contributed by atoms with van der Waals surface area (Å²) in [6, 6.07) is 5.80. The van der Waals surface area contributed by atoms with E-state index in [2.05, 4.69) is 5.32 Å². The number of nitrogens with zero attached hydrogens (tertiary/aromatic N) is 1. The van der Waals surface area contributed by atoms with Gasteiger partial charge in [0.15, 0.2) is 0 Å². The van der Waals surface area contributed by atoms with Gasteiger partial charge in [0.1, 0.15) is 0 Å². The van der Waals surface area contributed by atoms with Crippen molar-refractivity contribution in [3.63, 3.8) is 0 Å². The largest absolute Gasteiger partial charge is 0.317 e. The van der Waals surface area contributed by atoms with Crippen molar-refractivity contribution in [2.75, 3.05) is 20.1 Å². The van der Waals surface area contributed by atoms with Crippen molar-refractivity contribution in [2.45, 2.75) is 37.6 Å². The Hall–Kier alpha value is -0.910. The smallest absolute Gasteiger partial charge is 0.243 e. The Morgan fingerprint density at radius 3 is 2.32 bits per heavy atom. The highest BCUT2D eigenvalue weighted by molar-refractivity contribution is 7.89. The average molecular weight is 282 g/mol. The zero-order chi connectivity index (χ0) is 14.0. The molecule has 5 heteroatoms. The number of benzene rings is 1. The molecule has 1 aromatic rings. The van der Waals surface area contributed by atoms with Gasteiger partial charge in [0.25, 0.3) is 0 Å². The van der Waals surface area contributed by atoms with E-state index in [0.717, 1.165) is 24.0 Å². The highest BCUT2D eigenvalue weighted by Crippen LogP contribution is 2.22. The van der Waals surface area contributed by atoms with Gasteiger partial charge in [0, 0.05) is 19.1 Å². The third-order valence-electron chi connectivity index (χ3n) is 3.98. The van der Waals surface area contributed by atoms with E-state index in [4.69, 9.17) is 0 Å². The van der Waals surface area contributed by atoms with E-state index in [-0.39, 0.29) is 0 Å². The molecule has 0 atom stereocenters. The van der Waals surface area contributed by atoms with Gasteiger partial charge in [-0.3, -0.25) is 0 Å². The predicted octanol–water partition coefficient (Wildman–Crippen LogP) is 1.68. The van der Waals surface area contributed by atoms with Crippen LogP contribution in [0.4, 0.5) is 0 Å². The monoisotopic (exact) mass is 282 g/mol. The number of hydrogen-bond acceptors (Lipinski definition) is 3. The number of rotatable bonds is 3. The van der Waals surface area contributed by atoms with E-state index in [1.54, 1.807) is 16.4 Å². The van der Waals surface area contributed by atoms with Crippen LogP contribution in [0.25, 0.3) is 0 Å². The van der Waals surface area contributed by atoms with Crippen molar-refractivity contribution in [2.24, 2.45) is 0 Å². The first-order valence-corrected chi connectivity index (χ1v) is 8.14. The normalized spacial score (nSPS) is 18.7. The van der Waals surface area contributed by atoms with Crippen LogP contribution in [0.2, 0.25) is 0 Å². The molecule has 1 fully saturated rings. The molecule has 1 aliphatic heterocycles. The first kappa shape index (κ1) is 14.5. The van der Waals surface area contributed by atoms with Gasteiger partial charge in [-0.15, -0.1) is 0 Å². The summed E-state index contributed by atoms with van der Waals surface area (Å²) in [5.74, 6) is 0. The Balaban J connectivity index is 2.21. The summed E-state index contributed by atoms with van der Waals surface area (Å²) < 4.78 is 26.7. The molecule has 1 saturated heterocycles. The van der Waals surface area contributed by atoms with E-state index in [9.17, 15) is 8.42 Å². The third-order valence-corrected chi connectivity index (χ3v) is 5.87. The van der Waals surface area contributed by atoms with Crippen LogP contribution in [0.3, 0.4) is 0 Å². The minimum Gasteiger partial charge on any atom is -0.317 e. The number of nitrogens with one attached hydrogen (secondary N) is 1. The molecular weight excluding hydrogens is 260 g/mol. The average Bonchev–Trinajstić information content (AvgIpc) is 2.41. The zero-order valence-electron chi connectivity index (χ0n) is 11.8. The molecule has 0 saturated carbocycles. The highest BCUT2D eigenvalue weighted by atomic mass is 32.2. The lowest BCUT2D eigenvalue weighted by Crippen LogP contribution is -2.43. The van der Waals surface area contributed by atoms with Gasteiger partial charge in [-0.1, -0.05) is 6.07 Å². The molecule has 1 aromatic carbocycles. The molecule has 0 unspecified atom stereocenters. The van der Waals surface area contributed by atoms with Crippen LogP contribution in [0, 0.1) is 13.8 Å². The van der Waals surface area contributed by atoms with Crippen LogP contribution in [0.15, 0.2) is 23.1 Å². The fraction of sp³-hybridized carbons (Fsp3) is 0.571. The van der Waals surface area contributed by atoms with Crippen LogP contribution in [0.1, 0.15) is 24.0 Å². The minimum atomic E-state index is -3.33. The summed E-state index contributed by atoms with van der Waals surface area (Å²) in [7, 11) is -1.40. The summed E-state index contributed by atoms with van der Waals surface area (Å²) >= 11 is 0. The summed E-state index contributed by atoms with van der Waals surface area (Å²) in [4.78, 5) is 0.415. The van der Waals surface area contributed by atoms with Crippen molar-refractivity contribution >= 4 is 10.0 Å². The van der Waals surface area contributed by atoms with Crippen molar-refractivity contribution in [1.82, 2.24) is 9.62 Å². The zero-order valence-corrected chi connectivity index (χ0v) is 12.6.